The molecule has 0 aliphatic rings. The van der Waals surface area contributed by atoms with Gasteiger partial charge in [0, 0.05) is 16.3 Å². The largest absolute Gasteiger partial charge is 0.459 e. The molecule has 0 aliphatic heterocycles. The lowest BCUT2D eigenvalue weighted by atomic mass is 10.1. The van der Waals surface area contributed by atoms with E-state index < -0.39 is 57.0 Å². The third kappa shape index (κ3) is 9.68. The van der Waals surface area contributed by atoms with Gasteiger partial charge >= 0.3 is 11.9 Å². The Bertz CT molecular complexity index is 1680. The lowest BCUT2D eigenvalue weighted by Crippen LogP contribution is -2.45. The van der Waals surface area contributed by atoms with E-state index in [1.54, 1.807) is 0 Å². The molecule has 0 bridgehead atoms. The summed E-state index contributed by atoms with van der Waals surface area (Å²) in [6.07, 6.45) is -5.73. The van der Waals surface area contributed by atoms with Crippen LogP contribution < -0.4 is 0 Å². The minimum absolute atomic E-state index is 0.0651. The maximum atomic E-state index is 15.5. The average Bonchev–Trinajstić information content (AvgIpc) is 2.91. The number of ether oxygens (including phenoxy) is 2. The van der Waals surface area contributed by atoms with Crippen LogP contribution in [0.5, 0.6) is 0 Å². The molecule has 0 radical (unpaired) electrons. The topological polar surface area (TPSA) is 108 Å². The third-order valence-corrected chi connectivity index (χ3v) is 9.24. The molecule has 8 nitrogen and oxygen atoms in total. The molecule has 0 heterocycles. The first-order valence-corrected chi connectivity index (χ1v) is 16.3. The summed E-state index contributed by atoms with van der Waals surface area (Å²) in [6.45, 7) is -0.988. The van der Waals surface area contributed by atoms with Gasteiger partial charge in [0.2, 0.25) is 0 Å². The molecule has 0 saturated carbocycles. The average molecular weight is 867 g/mol. The second kappa shape index (κ2) is 15.9. The van der Waals surface area contributed by atoms with Crippen LogP contribution >= 0.6 is 104 Å². The molecule has 3 aromatic rings. The van der Waals surface area contributed by atoms with E-state index in [-0.39, 0.29) is 41.3 Å². The molecule has 43 heavy (non-hydrogen) atoms. The Morgan fingerprint density at radius 2 is 1.35 bits per heavy atom. The monoisotopic (exact) mass is 863 g/mol. The van der Waals surface area contributed by atoms with Crippen LogP contribution in [0.1, 0.15) is 20.7 Å². The van der Waals surface area contributed by atoms with Gasteiger partial charge in [-0.2, -0.15) is 8.42 Å². The summed E-state index contributed by atoms with van der Waals surface area (Å²) in [5, 5.41) is -0.489. The zero-order chi connectivity index (χ0) is 32.1. The summed E-state index contributed by atoms with van der Waals surface area (Å²) < 4.78 is 61.5. The molecule has 0 N–H and O–H groups in total. The van der Waals surface area contributed by atoms with Crippen molar-refractivity contribution in [3.8, 4) is 0 Å². The molecule has 18 heteroatoms. The molecule has 3 aromatic carbocycles. The Balaban J connectivity index is 2.05. The highest BCUT2D eigenvalue weighted by Crippen LogP contribution is 2.34. The van der Waals surface area contributed by atoms with E-state index in [4.69, 9.17) is 94.9 Å². The minimum Gasteiger partial charge on any atom is -0.459 e. The van der Waals surface area contributed by atoms with Gasteiger partial charge in [-0.25, -0.2) is 17.2 Å². The minimum atomic E-state index is -4.92. The van der Waals surface area contributed by atoms with Crippen molar-refractivity contribution >= 4 is 132 Å². The first kappa shape index (κ1) is 36.3. The van der Waals surface area contributed by atoms with Gasteiger partial charge in [-0.05, 0) is 48.5 Å². The summed E-state index contributed by atoms with van der Waals surface area (Å²) in [5.41, 5.74) is -0.402. The Morgan fingerprint density at radius 3 is 1.88 bits per heavy atom. The third-order valence-electron chi connectivity index (χ3n) is 5.30. The first-order chi connectivity index (χ1) is 20.1. The fraction of sp³-hybridized carbons (Fsp3) is 0.160. The molecule has 230 valence electrons. The predicted octanol–water partition coefficient (Wildman–Crippen LogP) is 9.18. The van der Waals surface area contributed by atoms with Crippen LogP contribution in [0.15, 0.2) is 56.6 Å². The van der Waals surface area contributed by atoms with Crippen LogP contribution in [-0.4, -0.2) is 51.6 Å². The van der Waals surface area contributed by atoms with Gasteiger partial charge in [0.1, 0.15) is 11.5 Å². The van der Waals surface area contributed by atoms with E-state index in [2.05, 4.69) is 3.21 Å². The lowest BCUT2D eigenvalue weighted by molar-refractivity contribution is -0.0474. The second-order valence-electron chi connectivity index (χ2n) is 8.19. The summed E-state index contributed by atoms with van der Waals surface area (Å²) in [7, 11) is -4.92. The van der Waals surface area contributed by atoms with Crippen LogP contribution in [0.3, 0.4) is 0 Å². The quantitative estimate of drug-likeness (QED) is 0.0622. The molecule has 0 spiro atoms. The Kier molecular flexibility index (Phi) is 13.5. The Hall–Kier alpha value is -1.13. The summed E-state index contributed by atoms with van der Waals surface area (Å²) >= 11 is 43.3. The van der Waals surface area contributed by atoms with Crippen molar-refractivity contribution < 1.29 is 36.1 Å². The maximum absolute atomic E-state index is 15.5. The van der Waals surface area contributed by atoms with Crippen molar-refractivity contribution in [2.45, 2.75) is 23.3 Å². The highest BCUT2D eigenvalue weighted by molar-refractivity contribution is 14.1. The van der Waals surface area contributed by atoms with Gasteiger partial charge in [-0.15, -0.1) is 0 Å². The van der Waals surface area contributed by atoms with Crippen molar-refractivity contribution in [1.82, 2.24) is 0 Å². The number of nitrogens with zero attached hydrogens (tertiary/aromatic N) is 1. The molecule has 3 atom stereocenters. The van der Waals surface area contributed by atoms with Crippen molar-refractivity contribution in [1.29, 1.82) is 0 Å². The molecule has 0 saturated heterocycles. The van der Waals surface area contributed by atoms with Crippen LogP contribution in [0.2, 0.25) is 35.2 Å². The number of carbonyl (C=O) groups is 2. The van der Waals surface area contributed by atoms with Crippen LogP contribution in [0, 0.1) is 0 Å². The maximum Gasteiger partial charge on any atom is 0.340 e. The zero-order valence-corrected chi connectivity index (χ0v) is 29.0. The summed E-state index contributed by atoms with van der Waals surface area (Å²) in [4.78, 5) is 25.2. The van der Waals surface area contributed by atoms with E-state index in [0.29, 0.717) is 6.21 Å². The number of halogens is 9. The molecule has 0 aromatic heterocycles. The van der Waals surface area contributed by atoms with Crippen molar-refractivity contribution in [3.63, 3.8) is 0 Å². The highest BCUT2D eigenvalue weighted by Gasteiger charge is 2.39. The fourth-order valence-electron chi connectivity index (χ4n) is 3.31. The molecular formula is C25H14Cl7FINO7S. The Labute approximate surface area is 293 Å². The fourth-order valence-corrected chi connectivity index (χ4v) is 6.63. The highest BCUT2D eigenvalue weighted by atomic mass is 127. The van der Waals surface area contributed by atoms with Gasteiger partial charge in [0.05, 0.1) is 59.1 Å². The molecular weight excluding hydrogens is 852 g/mol. The number of rotatable bonds is 11. The van der Waals surface area contributed by atoms with Gasteiger partial charge < -0.3 is 9.47 Å². The van der Waals surface area contributed by atoms with E-state index >= 15 is 4.39 Å². The molecule has 0 fully saturated rings. The van der Waals surface area contributed by atoms with Gasteiger partial charge in [-0.3, -0.25) is 4.18 Å². The predicted molar refractivity (Wildman–Crippen MR) is 173 cm³/mol. The molecule has 0 aliphatic carbocycles. The molecule has 0 unspecified atom stereocenters. The first-order valence-electron chi connectivity index (χ1n) is 11.3. The van der Waals surface area contributed by atoms with Crippen molar-refractivity contribution in [3.05, 3.63) is 94.8 Å². The smallest absolute Gasteiger partial charge is 0.340 e. The number of hydrogen-bond acceptors (Lipinski definition) is 8. The number of esters is 2. The van der Waals surface area contributed by atoms with Crippen LogP contribution in [-0.2, 0) is 23.8 Å². The van der Waals surface area contributed by atoms with Gasteiger partial charge in [-0.1, -0.05) is 81.2 Å². The van der Waals surface area contributed by atoms with Crippen molar-refractivity contribution in [2.75, 3.05) is 6.61 Å². The van der Waals surface area contributed by atoms with Crippen LogP contribution in [0.25, 0.3) is 0 Å². The number of hydrogen-bond donors (Lipinski definition) is 0. The standard InChI is InChI=1S/C25H14Cl7FINO7S/c26-11-1-3-13(15(28)5-11)24(36)40-10-21(42-43(38,39)22-8-18(31)17(30)7-19(22)32)23(20(33)9-35-34)41-25(37)14-4-2-12(27)6-16(14)29/h1-9,20-21,23H,10H2/t20-,21-,23+/m1/s1. The summed E-state index contributed by atoms with van der Waals surface area (Å²) in [6, 6.07) is 9.55. The van der Waals surface area contributed by atoms with Crippen LogP contribution in [0.4, 0.5) is 4.39 Å². The van der Waals surface area contributed by atoms with E-state index in [9.17, 15) is 18.0 Å². The van der Waals surface area contributed by atoms with E-state index in [0.717, 1.165) is 12.1 Å². The van der Waals surface area contributed by atoms with Crippen molar-refractivity contribution in [2.24, 2.45) is 3.21 Å². The van der Waals surface area contributed by atoms with Gasteiger partial charge in [0.25, 0.3) is 10.1 Å². The molecule has 3 rings (SSSR count). The Morgan fingerprint density at radius 1 is 0.814 bits per heavy atom. The normalized spacial score (nSPS) is 13.9. The number of carbonyl (C=O) groups excluding carboxylic acids is 2. The molecule has 0 amide bonds. The lowest BCUT2D eigenvalue weighted by Gasteiger charge is -2.27. The second-order valence-corrected chi connectivity index (χ2v) is 13.2. The SMILES string of the molecule is O=C(OC[C@@H](OS(=O)(=O)c1cc(Cl)c(Cl)cc1Cl)[C@@H](OC(=O)c1ccc(Cl)cc1Cl)[C@H](F)C=NI)c1ccc(Cl)cc1Cl. The number of benzene rings is 3. The van der Waals surface area contributed by atoms with Gasteiger partial charge in [0.15, 0.2) is 18.4 Å². The van der Waals surface area contributed by atoms with E-state index in [1.807, 2.05) is 0 Å². The zero-order valence-electron chi connectivity index (χ0n) is 20.8. The number of alkyl halides is 1. The summed E-state index contributed by atoms with van der Waals surface area (Å²) in [5.74, 6) is -2.26. The van der Waals surface area contributed by atoms with E-state index in [1.165, 1.54) is 59.3 Å².